The number of hydrogen-bond acceptors (Lipinski definition) is 3. The number of rotatable bonds is 4. The van der Waals surface area contributed by atoms with E-state index in [1.165, 1.54) is 51.7 Å². The smallest absolute Gasteiger partial charge is 0.0145 e. The Kier molecular flexibility index (Phi) is 4.83. The van der Waals surface area contributed by atoms with E-state index in [1.807, 2.05) is 0 Å². The first-order valence-electron chi connectivity index (χ1n) is 7.25. The van der Waals surface area contributed by atoms with Gasteiger partial charge in [0.05, 0.1) is 0 Å². The third-order valence-corrected chi connectivity index (χ3v) is 4.57. The highest BCUT2D eigenvalue weighted by Crippen LogP contribution is 2.26. The minimum Gasteiger partial charge on any atom is -0.314 e. The second-order valence-corrected chi connectivity index (χ2v) is 6.22. The number of nitrogens with zero attached hydrogens (tertiary/aromatic N) is 2. The predicted molar refractivity (Wildman–Crippen MR) is 73.3 cm³/mol. The van der Waals surface area contributed by atoms with Crippen LogP contribution in [-0.4, -0.2) is 62.7 Å². The lowest BCUT2D eigenvalue weighted by Gasteiger charge is -2.35. The maximum absolute atomic E-state index is 3.70. The number of hydrogen-bond donors (Lipinski definition) is 1. The molecule has 2 saturated heterocycles. The number of likely N-dealkylation sites (tertiary alicyclic amines) is 1. The van der Waals surface area contributed by atoms with Gasteiger partial charge in [-0.3, -0.25) is 0 Å². The summed E-state index contributed by atoms with van der Waals surface area (Å²) >= 11 is 0. The molecule has 3 unspecified atom stereocenters. The van der Waals surface area contributed by atoms with Crippen molar-refractivity contribution in [3.8, 4) is 0 Å². The lowest BCUT2D eigenvalue weighted by Crippen LogP contribution is -2.44. The molecule has 3 heteroatoms. The minimum atomic E-state index is 0.760. The van der Waals surface area contributed by atoms with E-state index >= 15 is 0 Å². The molecule has 1 N–H and O–H groups in total. The summed E-state index contributed by atoms with van der Waals surface area (Å²) in [5, 5.41) is 3.70. The van der Waals surface area contributed by atoms with Crippen LogP contribution >= 0.6 is 0 Å². The highest BCUT2D eigenvalue weighted by Gasteiger charge is 2.31. The van der Waals surface area contributed by atoms with Gasteiger partial charge in [0.25, 0.3) is 0 Å². The first-order valence-corrected chi connectivity index (χ1v) is 7.25. The Balaban J connectivity index is 1.87. The summed E-state index contributed by atoms with van der Waals surface area (Å²) in [7, 11) is 6.77. The Morgan fingerprint density at radius 3 is 2.65 bits per heavy atom. The third kappa shape index (κ3) is 3.67. The van der Waals surface area contributed by atoms with Crippen LogP contribution in [0.3, 0.4) is 0 Å². The van der Waals surface area contributed by atoms with E-state index in [0.29, 0.717) is 0 Å². The third-order valence-electron chi connectivity index (χ3n) is 4.57. The fourth-order valence-electron chi connectivity index (χ4n) is 3.52. The van der Waals surface area contributed by atoms with Gasteiger partial charge in [-0.15, -0.1) is 0 Å². The topological polar surface area (TPSA) is 18.5 Å². The maximum atomic E-state index is 3.70. The van der Waals surface area contributed by atoms with Crippen LogP contribution in [0.1, 0.15) is 32.1 Å². The van der Waals surface area contributed by atoms with Gasteiger partial charge in [-0.2, -0.15) is 0 Å². The maximum Gasteiger partial charge on any atom is 0.0145 e. The monoisotopic (exact) mass is 239 g/mol. The van der Waals surface area contributed by atoms with Crippen molar-refractivity contribution in [3.63, 3.8) is 0 Å². The molecule has 0 aromatic carbocycles. The first kappa shape index (κ1) is 13.3. The van der Waals surface area contributed by atoms with Crippen LogP contribution in [-0.2, 0) is 0 Å². The van der Waals surface area contributed by atoms with Crippen LogP contribution in [0.15, 0.2) is 0 Å². The Labute approximate surface area is 107 Å². The Morgan fingerprint density at radius 2 is 2.12 bits per heavy atom. The minimum absolute atomic E-state index is 0.760. The van der Waals surface area contributed by atoms with Crippen LogP contribution in [0.4, 0.5) is 0 Å². The fraction of sp³-hybridized carbons (Fsp3) is 1.00. The normalized spacial score (nSPS) is 33.2. The Hall–Kier alpha value is -0.120. The summed E-state index contributed by atoms with van der Waals surface area (Å²) in [4.78, 5) is 4.94. The molecule has 0 saturated carbocycles. The van der Waals surface area contributed by atoms with Gasteiger partial charge in [0, 0.05) is 18.6 Å². The number of piperidine rings is 1. The zero-order valence-electron chi connectivity index (χ0n) is 11.8. The summed E-state index contributed by atoms with van der Waals surface area (Å²) in [6.07, 6.45) is 6.89. The van der Waals surface area contributed by atoms with Crippen LogP contribution < -0.4 is 5.32 Å². The summed E-state index contributed by atoms with van der Waals surface area (Å²) in [6, 6.07) is 1.53. The zero-order valence-corrected chi connectivity index (χ0v) is 11.8. The molecule has 0 spiro atoms. The van der Waals surface area contributed by atoms with Crippen molar-refractivity contribution in [2.45, 2.75) is 44.2 Å². The lowest BCUT2D eigenvalue weighted by atomic mass is 9.89. The molecule has 3 nitrogen and oxygen atoms in total. The number of nitrogens with one attached hydrogen (secondary N) is 1. The van der Waals surface area contributed by atoms with Gasteiger partial charge in [-0.25, -0.2) is 0 Å². The van der Waals surface area contributed by atoms with E-state index in [2.05, 4.69) is 36.3 Å². The average molecular weight is 239 g/mol. The molecule has 100 valence electrons. The van der Waals surface area contributed by atoms with E-state index in [1.54, 1.807) is 0 Å². The molecule has 2 heterocycles. The van der Waals surface area contributed by atoms with Crippen molar-refractivity contribution in [1.29, 1.82) is 0 Å². The highest BCUT2D eigenvalue weighted by atomic mass is 15.2. The van der Waals surface area contributed by atoms with Crippen molar-refractivity contribution in [1.82, 2.24) is 15.1 Å². The SMILES string of the molecule is CN1CCC(C(CC2CCCCN2)N(C)C)C1. The quantitative estimate of drug-likeness (QED) is 0.800. The second kappa shape index (κ2) is 6.17. The van der Waals surface area contributed by atoms with Gasteiger partial charge >= 0.3 is 0 Å². The summed E-state index contributed by atoms with van der Waals surface area (Å²) in [5.74, 6) is 0.874. The summed E-state index contributed by atoms with van der Waals surface area (Å²) in [6.45, 7) is 3.80. The van der Waals surface area contributed by atoms with Crippen LogP contribution in [0.25, 0.3) is 0 Å². The average Bonchev–Trinajstić information content (AvgIpc) is 2.73. The van der Waals surface area contributed by atoms with Crippen LogP contribution in [0.5, 0.6) is 0 Å². The molecule has 0 aliphatic carbocycles. The Morgan fingerprint density at radius 1 is 1.29 bits per heavy atom. The molecule has 17 heavy (non-hydrogen) atoms. The van der Waals surface area contributed by atoms with Crippen LogP contribution in [0.2, 0.25) is 0 Å². The standard InChI is InChI=1S/C14H29N3/c1-16(2)14(12-7-9-17(3)11-12)10-13-6-4-5-8-15-13/h12-15H,4-11H2,1-3H3. The van der Waals surface area contributed by atoms with E-state index < -0.39 is 0 Å². The van der Waals surface area contributed by atoms with Gasteiger partial charge in [0.15, 0.2) is 0 Å². The molecule has 0 amide bonds. The van der Waals surface area contributed by atoms with Gasteiger partial charge in [-0.05, 0) is 65.8 Å². The van der Waals surface area contributed by atoms with Crippen molar-refractivity contribution in [2.75, 3.05) is 40.8 Å². The van der Waals surface area contributed by atoms with Crippen LogP contribution in [0, 0.1) is 5.92 Å². The van der Waals surface area contributed by atoms with E-state index in [4.69, 9.17) is 0 Å². The molecule has 0 bridgehead atoms. The van der Waals surface area contributed by atoms with Gasteiger partial charge in [0.2, 0.25) is 0 Å². The molecule has 0 radical (unpaired) electrons. The lowest BCUT2D eigenvalue weighted by molar-refractivity contribution is 0.173. The van der Waals surface area contributed by atoms with Crippen molar-refractivity contribution in [3.05, 3.63) is 0 Å². The van der Waals surface area contributed by atoms with Gasteiger partial charge < -0.3 is 15.1 Å². The van der Waals surface area contributed by atoms with E-state index in [9.17, 15) is 0 Å². The summed E-state index contributed by atoms with van der Waals surface area (Å²) in [5.41, 5.74) is 0. The fourth-order valence-corrected chi connectivity index (χ4v) is 3.52. The van der Waals surface area contributed by atoms with Crippen molar-refractivity contribution < 1.29 is 0 Å². The molecule has 2 aliphatic rings. The van der Waals surface area contributed by atoms with E-state index in [0.717, 1.165) is 18.0 Å². The van der Waals surface area contributed by atoms with Gasteiger partial charge in [-0.1, -0.05) is 6.42 Å². The predicted octanol–water partition coefficient (Wildman–Crippen LogP) is 1.40. The molecule has 2 fully saturated rings. The molecular weight excluding hydrogens is 210 g/mol. The summed E-state index contributed by atoms with van der Waals surface area (Å²) < 4.78 is 0. The van der Waals surface area contributed by atoms with Crippen molar-refractivity contribution >= 4 is 0 Å². The Bertz CT molecular complexity index is 224. The molecule has 0 aromatic rings. The largest absolute Gasteiger partial charge is 0.314 e. The van der Waals surface area contributed by atoms with Crippen molar-refractivity contribution in [2.24, 2.45) is 5.92 Å². The second-order valence-electron chi connectivity index (χ2n) is 6.22. The molecule has 2 rings (SSSR count). The molecular formula is C14H29N3. The zero-order chi connectivity index (χ0) is 12.3. The molecule has 0 aromatic heterocycles. The highest BCUT2D eigenvalue weighted by molar-refractivity contribution is 4.88. The molecule has 2 aliphatic heterocycles. The van der Waals surface area contributed by atoms with E-state index in [-0.39, 0.29) is 0 Å². The first-order chi connectivity index (χ1) is 8.16. The van der Waals surface area contributed by atoms with Gasteiger partial charge in [0.1, 0.15) is 0 Å². The molecule has 3 atom stereocenters.